The lowest BCUT2D eigenvalue weighted by atomic mass is 9.85. The molecule has 2 atom stereocenters. The molecule has 0 aromatic carbocycles. The fourth-order valence-electron chi connectivity index (χ4n) is 2.98. The molecule has 0 aromatic heterocycles. The van der Waals surface area contributed by atoms with E-state index in [-0.39, 0.29) is 5.97 Å². The fraction of sp³-hybridized carbons (Fsp3) is 0.929. The van der Waals surface area contributed by atoms with Crippen LogP contribution in [0.2, 0.25) is 0 Å². The Bertz CT molecular complexity index is 275. The summed E-state index contributed by atoms with van der Waals surface area (Å²) in [6.45, 7) is 0.832. The number of methoxy groups -OCH3 is 2. The Morgan fingerprint density at radius 3 is 2.84 bits per heavy atom. The van der Waals surface area contributed by atoms with Gasteiger partial charge < -0.3 is 14.8 Å². The quantitative estimate of drug-likeness (QED) is 0.520. The molecule has 1 fully saturated rings. The van der Waals surface area contributed by atoms with Crippen LogP contribution in [-0.4, -0.2) is 50.9 Å². The lowest BCUT2D eigenvalue weighted by molar-refractivity contribution is -0.150. The molecule has 1 aliphatic rings. The minimum atomic E-state index is -0.443. The SMILES string of the molecule is CNC1(C(=O)OC)CCCC1CCSCCCOC. The number of carbonyl (C=O) groups excluding carboxylic acids is 1. The average Bonchev–Trinajstić information content (AvgIpc) is 2.86. The van der Waals surface area contributed by atoms with Gasteiger partial charge in [-0.15, -0.1) is 0 Å². The monoisotopic (exact) mass is 289 g/mol. The van der Waals surface area contributed by atoms with Crippen molar-refractivity contribution in [1.82, 2.24) is 5.32 Å². The van der Waals surface area contributed by atoms with Crippen molar-refractivity contribution in [1.29, 1.82) is 0 Å². The van der Waals surface area contributed by atoms with Crippen molar-refractivity contribution in [2.45, 2.75) is 37.6 Å². The van der Waals surface area contributed by atoms with Gasteiger partial charge in [-0.25, -0.2) is 0 Å². The van der Waals surface area contributed by atoms with Crippen LogP contribution in [0.5, 0.6) is 0 Å². The summed E-state index contributed by atoms with van der Waals surface area (Å²) in [5.41, 5.74) is -0.443. The summed E-state index contributed by atoms with van der Waals surface area (Å²) in [5, 5.41) is 3.24. The second kappa shape index (κ2) is 8.82. The van der Waals surface area contributed by atoms with Crippen molar-refractivity contribution in [3.8, 4) is 0 Å². The van der Waals surface area contributed by atoms with E-state index in [1.54, 1.807) is 7.11 Å². The molecule has 0 radical (unpaired) electrons. The zero-order valence-electron chi connectivity index (χ0n) is 12.4. The minimum absolute atomic E-state index is 0.0955. The van der Waals surface area contributed by atoms with E-state index in [1.165, 1.54) is 7.11 Å². The predicted octanol–water partition coefficient (Wildman–Crippen LogP) is 2.08. The first kappa shape index (κ1) is 16.8. The number of carbonyl (C=O) groups is 1. The van der Waals surface area contributed by atoms with Crippen LogP contribution >= 0.6 is 11.8 Å². The van der Waals surface area contributed by atoms with Gasteiger partial charge in [0.2, 0.25) is 0 Å². The first-order valence-electron chi connectivity index (χ1n) is 7.05. The lowest BCUT2D eigenvalue weighted by Gasteiger charge is -2.32. The molecule has 0 aromatic rings. The van der Waals surface area contributed by atoms with E-state index in [1.807, 2.05) is 18.8 Å². The predicted molar refractivity (Wildman–Crippen MR) is 79.6 cm³/mol. The van der Waals surface area contributed by atoms with E-state index in [0.29, 0.717) is 5.92 Å². The Kier molecular flexibility index (Phi) is 7.80. The third kappa shape index (κ3) is 4.36. The second-order valence-corrected chi connectivity index (χ2v) is 6.27. The molecule has 2 unspecified atom stereocenters. The highest BCUT2D eigenvalue weighted by Gasteiger charge is 2.48. The first-order chi connectivity index (χ1) is 9.21. The van der Waals surface area contributed by atoms with Gasteiger partial charge in [0.25, 0.3) is 0 Å². The van der Waals surface area contributed by atoms with Gasteiger partial charge >= 0.3 is 5.97 Å². The van der Waals surface area contributed by atoms with Gasteiger partial charge in [-0.2, -0.15) is 11.8 Å². The molecule has 1 rings (SSSR count). The standard InChI is InChI=1S/C14H27NO3S/c1-15-14(13(16)18-3)8-4-6-12(14)7-11-19-10-5-9-17-2/h12,15H,4-11H2,1-3H3. The number of likely N-dealkylation sites (N-methyl/N-ethyl adjacent to an activating group) is 1. The molecular weight excluding hydrogens is 262 g/mol. The number of thioether (sulfide) groups is 1. The van der Waals surface area contributed by atoms with Crippen molar-refractivity contribution in [3.05, 3.63) is 0 Å². The molecule has 0 saturated heterocycles. The molecule has 0 heterocycles. The van der Waals surface area contributed by atoms with Crippen LogP contribution in [0.1, 0.15) is 32.1 Å². The van der Waals surface area contributed by atoms with E-state index in [4.69, 9.17) is 9.47 Å². The van der Waals surface area contributed by atoms with Gasteiger partial charge in [0.1, 0.15) is 5.54 Å². The van der Waals surface area contributed by atoms with Crippen LogP contribution in [-0.2, 0) is 14.3 Å². The molecule has 0 amide bonds. The van der Waals surface area contributed by atoms with Crippen LogP contribution < -0.4 is 5.32 Å². The maximum atomic E-state index is 12.0. The maximum Gasteiger partial charge on any atom is 0.326 e. The highest BCUT2D eigenvalue weighted by molar-refractivity contribution is 7.99. The van der Waals surface area contributed by atoms with E-state index in [2.05, 4.69) is 5.32 Å². The van der Waals surface area contributed by atoms with E-state index < -0.39 is 5.54 Å². The summed E-state index contributed by atoms with van der Waals surface area (Å²) in [5.74, 6) is 2.54. The molecule has 0 aliphatic heterocycles. The summed E-state index contributed by atoms with van der Waals surface area (Å²) >= 11 is 1.95. The average molecular weight is 289 g/mol. The van der Waals surface area contributed by atoms with Crippen LogP contribution in [0.3, 0.4) is 0 Å². The topological polar surface area (TPSA) is 47.6 Å². The van der Waals surface area contributed by atoms with Crippen molar-refractivity contribution in [3.63, 3.8) is 0 Å². The van der Waals surface area contributed by atoms with Gasteiger partial charge in [0.15, 0.2) is 0 Å². The van der Waals surface area contributed by atoms with Crippen LogP contribution in [0, 0.1) is 5.92 Å². The Labute approximate surface area is 121 Å². The summed E-state index contributed by atoms with van der Waals surface area (Å²) in [6, 6.07) is 0. The van der Waals surface area contributed by atoms with Crippen molar-refractivity contribution in [2.75, 3.05) is 39.4 Å². The molecule has 1 N–H and O–H groups in total. The summed E-state index contributed by atoms with van der Waals surface area (Å²) in [4.78, 5) is 12.0. The summed E-state index contributed by atoms with van der Waals surface area (Å²) in [7, 11) is 5.10. The molecule has 0 spiro atoms. The number of hydrogen-bond acceptors (Lipinski definition) is 5. The number of esters is 1. The summed E-state index contributed by atoms with van der Waals surface area (Å²) < 4.78 is 10.0. The molecule has 112 valence electrons. The highest BCUT2D eigenvalue weighted by Crippen LogP contribution is 2.39. The van der Waals surface area contributed by atoms with Gasteiger partial charge in [-0.05, 0) is 50.2 Å². The molecule has 0 bridgehead atoms. The number of rotatable bonds is 9. The van der Waals surface area contributed by atoms with Crippen molar-refractivity contribution < 1.29 is 14.3 Å². The minimum Gasteiger partial charge on any atom is -0.468 e. The highest BCUT2D eigenvalue weighted by atomic mass is 32.2. The zero-order valence-corrected chi connectivity index (χ0v) is 13.2. The molecular formula is C14H27NO3S. The van der Waals surface area contributed by atoms with Gasteiger partial charge in [0.05, 0.1) is 7.11 Å². The van der Waals surface area contributed by atoms with Gasteiger partial charge in [0, 0.05) is 13.7 Å². The third-order valence-electron chi connectivity index (χ3n) is 4.06. The van der Waals surface area contributed by atoms with Gasteiger partial charge in [-0.1, -0.05) is 6.42 Å². The number of nitrogens with one attached hydrogen (secondary N) is 1. The van der Waals surface area contributed by atoms with Crippen molar-refractivity contribution in [2.24, 2.45) is 5.92 Å². The maximum absolute atomic E-state index is 12.0. The Morgan fingerprint density at radius 2 is 2.21 bits per heavy atom. The molecule has 1 aliphatic carbocycles. The Hall–Kier alpha value is -0.260. The molecule has 4 nitrogen and oxygen atoms in total. The zero-order chi connectivity index (χ0) is 14.1. The van der Waals surface area contributed by atoms with Crippen LogP contribution in [0.15, 0.2) is 0 Å². The molecule has 19 heavy (non-hydrogen) atoms. The van der Waals surface area contributed by atoms with Crippen molar-refractivity contribution >= 4 is 17.7 Å². The van der Waals surface area contributed by atoms with E-state index >= 15 is 0 Å². The fourth-order valence-corrected chi connectivity index (χ4v) is 3.96. The third-order valence-corrected chi connectivity index (χ3v) is 5.17. The summed E-state index contributed by atoms with van der Waals surface area (Å²) in [6.07, 6.45) is 5.30. The number of ether oxygens (including phenoxy) is 2. The Morgan fingerprint density at radius 1 is 1.42 bits per heavy atom. The Balaban J connectivity index is 2.36. The van der Waals surface area contributed by atoms with E-state index in [0.717, 1.165) is 50.2 Å². The lowest BCUT2D eigenvalue weighted by Crippen LogP contribution is -2.53. The molecule has 5 heteroatoms. The smallest absolute Gasteiger partial charge is 0.326 e. The van der Waals surface area contributed by atoms with E-state index in [9.17, 15) is 4.79 Å². The van der Waals surface area contributed by atoms with Crippen LogP contribution in [0.4, 0.5) is 0 Å². The largest absolute Gasteiger partial charge is 0.468 e. The second-order valence-electron chi connectivity index (χ2n) is 5.05. The molecule has 1 saturated carbocycles. The first-order valence-corrected chi connectivity index (χ1v) is 8.20. The normalized spacial score (nSPS) is 26.6. The van der Waals surface area contributed by atoms with Gasteiger partial charge in [-0.3, -0.25) is 4.79 Å². The van der Waals surface area contributed by atoms with Crippen LogP contribution in [0.25, 0.3) is 0 Å². The number of hydrogen-bond donors (Lipinski definition) is 1.